The number of nitrogens with zero attached hydrogens (tertiary/aromatic N) is 1. The number of halogens is 2. The van der Waals surface area contributed by atoms with E-state index < -0.39 is 5.82 Å². The first-order valence-electron chi connectivity index (χ1n) is 6.00. The maximum Gasteiger partial charge on any atom is 0.194 e. The average molecular weight is 330 g/mol. The number of fused-ring (bicyclic) bond motifs is 1. The van der Waals surface area contributed by atoms with Crippen molar-refractivity contribution in [3.05, 3.63) is 76.1 Å². The maximum atomic E-state index is 13.3. The van der Waals surface area contributed by atoms with Crippen LogP contribution in [0.2, 0.25) is 0 Å². The van der Waals surface area contributed by atoms with Crippen LogP contribution in [0.5, 0.6) is 0 Å². The number of ketones is 1. The predicted molar refractivity (Wildman–Crippen MR) is 79.3 cm³/mol. The highest BCUT2D eigenvalue weighted by molar-refractivity contribution is 9.10. The van der Waals surface area contributed by atoms with E-state index in [1.807, 2.05) is 18.2 Å². The lowest BCUT2D eigenvalue weighted by Crippen LogP contribution is -2.03. The van der Waals surface area contributed by atoms with Gasteiger partial charge in [-0.2, -0.15) is 0 Å². The summed E-state index contributed by atoms with van der Waals surface area (Å²) in [6, 6.07) is 13.1. The third-order valence-corrected chi connectivity index (χ3v) is 3.73. The first-order valence-corrected chi connectivity index (χ1v) is 6.79. The second kappa shape index (κ2) is 5.13. The van der Waals surface area contributed by atoms with Crippen molar-refractivity contribution in [2.45, 2.75) is 0 Å². The van der Waals surface area contributed by atoms with Crippen LogP contribution in [0, 0.1) is 5.82 Å². The average Bonchev–Trinajstić information content (AvgIpc) is 2.48. The number of hydrogen-bond acceptors (Lipinski definition) is 2. The van der Waals surface area contributed by atoms with Gasteiger partial charge in [0, 0.05) is 27.2 Å². The van der Waals surface area contributed by atoms with E-state index in [1.165, 1.54) is 18.2 Å². The highest BCUT2D eigenvalue weighted by Crippen LogP contribution is 2.22. The number of carbonyl (C=O) groups excluding carboxylic acids is 1. The summed E-state index contributed by atoms with van der Waals surface area (Å²) in [7, 11) is 0. The van der Waals surface area contributed by atoms with Gasteiger partial charge in [-0.25, -0.2) is 4.39 Å². The van der Waals surface area contributed by atoms with Gasteiger partial charge in [-0.3, -0.25) is 9.78 Å². The number of carbonyl (C=O) groups is 1. The second-order valence-corrected chi connectivity index (χ2v) is 5.22. The number of benzene rings is 2. The van der Waals surface area contributed by atoms with Crippen molar-refractivity contribution in [2.75, 3.05) is 0 Å². The molecule has 0 spiro atoms. The smallest absolute Gasteiger partial charge is 0.194 e. The zero-order chi connectivity index (χ0) is 14.1. The topological polar surface area (TPSA) is 30.0 Å². The molecular weight excluding hydrogens is 321 g/mol. The number of aromatic nitrogens is 1. The molecule has 0 aliphatic heterocycles. The van der Waals surface area contributed by atoms with Crippen LogP contribution >= 0.6 is 15.9 Å². The summed E-state index contributed by atoms with van der Waals surface area (Å²) in [5.41, 5.74) is 1.54. The summed E-state index contributed by atoms with van der Waals surface area (Å²) < 4.78 is 13.9. The molecule has 0 amide bonds. The molecule has 2 nitrogen and oxygen atoms in total. The van der Waals surface area contributed by atoms with Gasteiger partial charge in [0.25, 0.3) is 0 Å². The molecule has 0 radical (unpaired) electrons. The molecule has 0 N–H and O–H groups in total. The first-order chi connectivity index (χ1) is 9.65. The Bertz CT molecular complexity index is 816. The van der Waals surface area contributed by atoms with Crippen LogP contribution in [0.1, 0.15) is 15.9 Å². The lowest BCUT2D eigenvalue weighted by Gasteiger charge is -2.05. The fraction of sp³-hybridized carbons (Fsp3) is 0. The van der Waals surface area contributed by atoms with E-state index in [1.54, 1.807) is 18.3 Å². The van der Waals surface area contributed by atoms with E-state index in [-0.39, 0.29) is 5.78 Å². The van der Waals surface area contributed by atoms with Crippen molar-refractivity contribution in [1.29, 1.82) is 0 Å². The van der Waals surface area contributed by atoms with Crippen molar-refractivity contribution in [3.63, 3.8) is 0 Å². The second-order valence-electron chi connectivity index (χ2n) is 4.36. The molecule has 0 unspecified atom stereocenters. The molecule has 0 aliphatic carbocycles. The molecule has 0 saturated heterocycles. The Morgan fingerprint density at radius 3 is 2.80 bits per heavy atom. The van der Waals surface area contributed by atoms with Crippen molar-refractivity contribution < 1.29 is 9.18 Å². The summed E-state index contributed by atoms with van der Waals surface area (Å²) in [6.45, 7) is 0. The van der Waals surface area contributed by atoms with E-state index in [9.17, 15) is 9.18 Å². The van der Waals surface area contributed by atoms with Gasteiger partial charge in [0.2, 0.25) is 0 Å². The SMILES string of the molecule is O=C(c1ccc2cccnc2c1)c1cc(F)ccc1Br. The van der Waals surface area contributed by atoms with E-state index in [2.05, 4.69) is 20.9 Å². The Labute approximate surface area is 123 Å². The van der Waals surface area contributed by atoms with Crippen LogP contribution in [0.3, 0.4) is 0 Å². The number of pyridine rings is 1. The maximum absolute atomic E-state index is 13.3. The van der Waals surface area contributed by atoms with E-state index in [4.69, 9.17) is 0 Å². The highest BCUT2D eigenvalue weighted by Gasteiger charge is 2.14. The van der Waals surface area contributed by atoms with Crippen molar-refractivity contribution in [2.24, 2.45) is 0 Å². The van der Waals surface area contributed by atoms with Crippen molar-refractivity contribution >= 4 is 32.6 Å². The van der Waals surface area contributed by atoms with Crippen LogP contribution in [0.4, 0.5) is 4.39 Å². The molecule has 3 aromatic rings. The minimum Gasteiger partial charge on any atom is -0.289 e. The Kier molecular flexibility index (Phi) is 3.32. The van der Waals surface area contributed by atoms with Gasteiger partial charge in [-0.1, -0.05) is 34.1 Å². The zero-order valence-electron chi connectivity index (χ0n) is 10.3. The molecule has 4 heteroatoms. The molecule has 0 saturated carbocycles. The summed E-state index contributed by atoms with van der Waals surface area (Å²) in [4.78, 5) is 16.7. The minimum atomic E-state index is -0.435. The standard InChI is InChI=1S/C16H9BrFNO/c17-14-6-5-12(18)9-13(14)16(20)11-4-3-10-2-1-7-19-15(10)8-11/h1-9H. The fourth-order valence-electron chi connectivity index (χ4n) is 2.03. The predicted octanol–water partition coefficient (Wildman–Crippen LogP) is 4.37. The van der Waals surface area contributed by atoms with E-state index in [0.717, 1.165) is 10.9 Å². The lowest BCUT2D eigenvalue weighted by molar-refractivity contribution is 0.103. The fourth-order valence-corrected chi connectivity index (χ4v) is 2.46. The summed E-state index contributed by atoms with van der Waals surface area (Å²) >= 11 is 3.27. The third-order valence-electron chi connectivity index (χ3n) is 3.04. The largest absolute Gasteiger partial charge is 0.289 e. The molecular formula is C16H9BrFNO. The van der Waals surface area contributed by atoms with Crippen LogP contribution in [0.25, 0.3) is 10.9 Å². The molecule has 0 atom stereocenters. The summed E-state index contributed by atoms with van der Waals surface area (Å²) in [5.74, 6) is -0.667. The summed E-state index contributed by atoms with van der Waals surface area (Å²) in [5, 5.41) is 0.961. The molecule has 20 heavy (non-hydrogen) atoms. The Balaban J connectivity index is 2.10. The van der Waals surface area contributed by atoms with Gasteiger partial charge >= 0.3 is 0 Å². The zero-order valence-corrected chi connectivity index (χ0v) is 11.9. The van der Waals surface area contributed by atoms with Gasteiger partial charge < -0.3 is 0 Å². The molecule has 3 rings (SSSR count). The molecule has 98 valence electrons. The quantitative estimate of drug-likeness (QED) is 0.653. The monoisotopic (exact) mass is 329 g/mol. The molecule has 1 heterocycles. The van der Waals surface area contributed by atoms with Gasteiger partial charge in [0.1, 0.15) is 5.82 Å². The van der Waals surface area contributed by atoms with Crippen molar-refractivity contribution in [1.82, 2.24) is 4.98 Å². The molecule has 0 bridgehead atoms. The van der Waals surface area contributed by atoms with E-state index >= 15 is 0 Å². The third kappa shape index (κ3) is 2.34. The first kappa shape index (κ1) is 12.9. The number of rotatable bonds is 2. The lowest BCUT2D eigenvalue weighted by atomic mass is 10.0. The Morgan fingerprint density at radius 2 is 1.95 bits per heavy atom. The van der Waals surface area contributed by atoms with Gasteiger partial charge in [-0.05, 0) is 30.3 Å². The van der Waals surface area contributed by atoms with Crippen LogP contribution in [-0.2, 0) is 0 Å². The van der Waals surface area contributed by atoms with Gasteiger partial charge in [0.15, 0.2) is 5.78 Å². The van der Waals surface area contributed by atoms with Crippen LogP contribution in [0.15, 0.2) is 59.2 Å². The molecule has 1 aromatic heterocycles. The molecule has 0 fully saturated rings. The van der Waals surface area contributed by atoms with Gasteiger partial charge in [0.05, 0.1) is 5.52 Å². The highest BCUT2D eigenvalue weighted by atomic mass is 79.9. The Morgan fingerprint density at radius 1 is 1.10 bits per heavy atom. The van der Waals surface area contributed by atoms with Crippen molar-refractivity contribution in [3.8, 4) is 0 Å². The van der Waals surface area contributed by atoms with Crippen LogP contribution < -0.4 is 0 Å². The molecule has 0 aliphatic rings. The Hall–Kier alpha value is -2.07. The summed E-state index contributed by atoms with van der Waals surface area (Å²) in [6.07, 6.45) is 1.68. The minimum absolute atomic E-state index is 0.232. The van der Waals surface area contributed by atoms with E-state index in [0.29, 0.717) is 15.6 Å². The number of hydrogen-bond donors (Lipinski definition) is 0. The normalized spacial score (nSPS) is 10.7. The molecule has 2 aromatic carbocycles. The van der Waals surface area contributed by atoms with Gasteiger partial charge in [-0.15, -0.1) is 0 Å². The van der Waals surface area contributed by atoms with Crippen LogP contribution in [-0.4, -0.2) is 10.8 Å².